The number of carbonyl (C=O) groups excluding carboxylic acids is 1. The van der Waals surface area contributed by atoms with Gasteiger partial charge in [0.15, 0.2) is 5.16 Å². The van der Waals surface area contributed by atoms with Crippen LogP contribution in [-0.4, -0.2) is 21.2 Å². The van der Waals surface area contributed by atoms with E-state index in [2.05, 4.69) is 26.2 Å². The van der Waals surface area contributed by atoms with Crippen LogP contribution in [0.2, 0.25) is 0 Å². The Hall–Kier alpha value is -3.69. The SMILES string of the molecule is O=C(CSc1nc(-c2cc3ccccc3oc2=O)cn1-c1ccc(Br)cc1)Nc1ccc(F)cc1. The normalized spacial score (nSPS) is 11.0. The van der Waals surface area contributed by atoms with Crippen LogP contribution in [0, 0.1) is 5.82 Å². The van der Waals surface area contributed by atoms with Crippen molar-refractivity contribution in [3.8, 4) is 16.9 Å². The van der Waals surface area contributed by atoms with E-state index in [0.29, 0.717) is 27.7 Å². The van der Waals surface area contributed by atoms with Gasteiger partial charge in [-0.1, -0.05) is 45.9 Å². The Morgan fingerprint density at radius 1 is 1.06 bits per heavy atom. The topological polar surface area (TPSA) is 77.1 Å². The highest BCUT2D eigenvalue weighted by Gasteiger charge is 2.17. The predicted octanol–water partition coefficient (Wildman–Crippen LogP) is 6.28. The Morgan fingerprint density at radius 3 is 2.57 bits per heavy atom. The van der Waals surface area contributed by atoms with Crippen LogP contribution in [0.4, 0.5) is 10.1 Å². The van der Waals surface area contributed by atoms with Gasteiger partial charge in [0, 0.05) is 27.4 Å². The van der Waals surface area contributed by atoms with Gasteiger partial charge in [0.05, 0.1) is 17.0 Å². The highest BCUT2D eigenvalue weighted by molar-refractivity contribution is 9.10. The summed E-state index contributed by atoms with van der Waals surface area (Å²) in [5.41, 5.74) is 2.10. The molecule has 0 bridgehead atoms. The molecule has 6 nitrogen and oxygen atoms in total. The molecule has 0 radical (unpaired) electrons. The first-order valence-corrected chi connectivity index (χ1v) is 12.3. The Kier molecular flexibility index (Phi) is 6.52. The van der Waals surface area contributed by atoms with E-state index >= 15 is 0 Å². The number of hydrogen-bond donors (Lipinski definition) is 1. The lowest BCUT2D eigenvalue weighted by Crippen LogP contribution is -2.14. The molecule has 0 saturated carbocycles. The van der Waals surface area contributed by atoms with E-state index in [1.54, 1.807) is 24.4 Å². The van der Waals surface area contributed by atoms with Crippen LogP contribution in [0.1, 0.15) is 0 Å². The van der Waals surface area contributed by atoms with Gasteiger partial charge >= 0.3 is 5.63 Å². The molecule has 35 heavy (non-hydrogen) atoms. The number of para-hydroxylation sites is 1. The molecule has 0 aliphatic heterocycles. The van der Waals surface area contributed by atoms with Gasteiger partial charge in [-0.05, 0) is 60.7 Å². The van der Waals surface area contributed by atoms with Crippen molar-refractivity contribution in [2.75, 3.05) is 11.1 Å². The highest BCUT2D eigenvalue weighted by atomic mass is 79.9. The van der Waals surface area contributed by atoms with E-state index in [1.807, 2.05) is 41.0 Å². The molecule has 1 amide bonds. The van der Waals surface area contributed by atoms with Crippen molar-refractivity contribution in [3.63, 3.8) is 0 Å². The van der Waals surface area contributed by atoms with E-state index in [4.69, 9.17) is 4.42 Å². The lowest BCUT2D eigenvalue weighted by molar-refractivity contribution is -0.113. The Bertz CT molecular complexity index is 1580. The van der Waals surface area contributed by atoms with Crippen molar-refractivity contribution in [2.24, 2.45) is 0 Å². The summed E-state index contributed by atoms with van der Waals surface area (Å²) in [4.78, 5) is 29.9. The Labute approximate surface area is 211 Å². The van der Waals surface area contributed by atoms with Crippen molar-refractivity contribution in [2.45, 2.75) is 5.16 Å². The van der Waals surface area contributed by atoms with E-state index in [9.17, 15) is 14.0 Å². The van der Waals surface area contributed by atoms with Gasteiger partial charge in [-0.2, -0.15) is 0 Å². The number of benzene rings is 3. The van der Waals surface area contributed by atoms with E-state index < -0.39 is 5.63 Å². The number of rotatable bonds is 6. The number of carbonyl (C=O) groups is 1. The van der Waals surface area contributed by atoms with Gasteiger partial charge in [-0.3, -0.25) is 9.36 Å². The summed E-state index contributed by atoms with van der Waals surface area (Å²) in [5, 5.41) is 4.06. The molecule has 0 fully saturated rings. The molecule has 0 unspecified atom stereocenters. The molecule has 0 aliphatic rings. The molecule has 5 aromatic rings. The fourth-order valence-electron chi connectivity index (χ4n) is 3.48. The molecule has 0 spiro atoms. The second-order valence-corrected chi connectivity index (χ2v) is 9.44. The van der Waals surface area contributed by atoms with Gasteiger partial charge < -0.3 is 9.73 Å². The fraction of sp³-hybridized carbons (Fsp3) is 0.0385. The van der Waals surface area contributed by atoms with Crippen LogP contribution in [0.25, 0.3) is 27.9 Å². The standard InChI is InChI=1S/C26H17BrFN3O3S/c27-17-5-11-20(12-6-17)31-14-22(21-13-16-3-1-2-4-23(16)34-25(21)33)30-26(31)35-15-24(32)29-19-9-7-18(28)8-10-19/h1-14H,15H2,(H,29,32). The number of hydrogen-bond acceptors (Lipinski definition) is 5. The number of aromatic nitrogens is 2. The van der Waals surface area contributed by atoms with Crippen LogP contribution in [0.15, 0.2) is 104 Å². The smallest absolute Gasteiger partial charge is 0.345 e. The number of fused-ring (bicyclic) bond motifs is 1. The number of anilines is 1. The molecular weight excluding hydrogens is 533 g/mol. The van der Waals surface area contributed by atoms with Crippen LogP contribution in [0.3, 0.4) is 0 Å². The number of nitrogens with one attached hydrogen (secondary N) is 1. The molecule has 2 aromatic heterocycles. The molecule has 3 aromatic carbocycles. The molecule has 174 valence electrons. The van der Waals surface area contributed by atoms with Crippen molar-refractivity contribution >= 4 is 50.3 Å². The largest absolute Gasteiger partial charge is 0.422 e. The molecular formula is C26H17BrFN3O3S. The van der Waals surface area contributed by atoms with Crippen molar-refractivity contribution in [1.82, 2.24) is 9.55 Å². The van der Waals surface area contributed by atoms with Crippen LogP contribution in [0.5, 0.6) is 0 Å². The van der Waals surface area contributed by atoms with Crippen molar-refractivity contribution < 1.29 is 13.6 Å². The van der Waals surface area contributed by atoms with Crippen molar-refractivity contribution in [3.05, 3.63) is 106 Å². The van der Waals surface area contributed by atoms with Crippen molar-refractivity contribution in [1.29, 1.82) is 0 Å². The second-order valence-electron chi connectivity index (χ2n) is 7.58. The Morgan fingerprint density at radius 2 is 1.80 bits per heavy atom. The van der Waals surface area contributed by atoms with Crippen LogP contribution < -0.4 is 10.9 Å². The monoisotopic (exact) mass is 549 g/mol. The van der Waals surface area contributed by atoms with Gasteiger partial charge in [0.25, 0.3) is 0 Å². The molecule has 0 saturated heterocycles. The quantitative estimate of drug-likeness (QED) is 0.199. The number of amides is 1. The van der Waals surface area contributed by atoms with E-state index in [-0.39, 0.29) is 17.5 Å². The van der Waals surface area contributed by atoms with Gasteiger partial charge in [0.1, 0.15) is 11.4 Å². The van der Waals surface area contributed by atoms with Crippen LogP contribution in [-0.2, 0) is 4.79 Å². The fourth-order valence-corrected chi connectivity index (χ4v) is 4.54. The zero-order valence-corrected chi connectivity index (χ0v) is 20.5. The maximum absolute atomic E-state index is 13.1. The number of imidazole rings is 1. The van der Waals surface area contributed by atoms with Gasteiger partial charge in [0.2, 0.25) is 5.91 Å². The first kappa shape index (κ1) is 23.1. The lowest BCUT2D eigenvalue weighted by atomic mass is 10.1. The number of halogens is 2. The third kappa shape index (κ3) is 5.21. The summed E-state index contributed by atoms with van der Waals surface area (Å²) in [6.45, 7) is 0. The third-order valence-electron chi connectivity index (χ3n) is 5.16. The summed E-state index contributed by atoms with van der Waals surface area (Å²) < 4.78 is 21.4. The summed E-state index contributed by atoms with van der Waals surface area (Å²) in [6, 6.07) is 22.2. The first-order chi connectivity index (χ1) is 17.0. The van der Waals surface area contributed by atoms with E-state index in [0.717, 1.165) is 15.5 Å². The average Bonchev–Trinajstić information content (AvgIpc) is 3.28. The average molecular weight is 550 g/mol. The number of thioether (sulfide) groups is 1. The molecule has 9 heteroatoms. The summed E-state index contributed by atoms with van der Waals surface area (Å²) in [5.74, 6) is -0.574. The van der Waals surface area contributed by atoms with E-state index in [1.165, 1.54) is 36.0 Å². The summed E-state index contributed by atoms with van der Waals surface area (Å²) in [6.07, 6.45) is 1.75. The molecule has 0 atom stereocenters. The predicted molar refractivity (Wildman–Crippen MR) is 138 cm³/mol. The minimum atomic E-state index is -0.491. The zero-order chi connectivity index (χ0) is 24.4. The minimum Gasteiger partial charge on any atom is -0.422 e. The zero-order valence-electron chi connectivity index (χ0n) is 18.1. The first-order valence-electron chi connectivity index (χ1n) is 10.5. The van der Waals surface area contributed by atoms with Crippen LogP contribution >= 0.6 is 27.7 Å². The third-order valence-corrected chi connectivity index (χ3v) is 6.64. The molecule has 0 aliphatic carbocycles. The van der Waals surface area contributed by atoms with Gasteiger partial charge in [-0.25, -0.2) is 14.2 Å². The number of nitrogens with zero attached hydrogens (tertiary/aromatic N) is 2. The summed E-state index contributed by atoms with van der Waals surface area (Å²) in [7, 11) is 0. The highest BCUT2D eigenvalue weighted by Crippen LogP contribution is 2.28. The molecule has 1 N–H and O–H groups in total. The second kappa shape index (κ2) is 9.89. The minimum absolute atomic E-state index is 0.0662. The summed E-state index contributed by atoms with van der Waals surface area (Å²) >= 11 is 4.66. The molecule has 2 heterocycles. The molecule has 5 rings (SSSR count). The van der Waals surface area contributed by atoms with Gasteiger partial charge in [-0.15, -0.1) is 0 Å². The lowest BCUT2D eigenvalue weighted by Gasteiger charge is -2.08. The Balaban J connectivity index is 1.47. The maximum atomic E-state index is 13.1. The maximum Gasteiger partial charge on any atom is 0.345 e.